The zero-order valence-corrected chi connectivity index (χ0v) is 21.0. The van der Waals surface area contributed by atoms with Gasteiger partial charge in [0.05, 0.1) is 26.2 Å². The third-order valence-corrected chi connectivity index (χ3v) is 5.76. The van der Waals surface area contributed by atoms with Crippen LogP contribution in [-0.4, -0.2) is 88.4 Å². The second kappa shape index (κ2) is 13.1. The van der Waals surface area contributed by atoms with Gasteiger partial charge in [-0.25, -0.2) is 0 Å². The number of esters is 1. The van der Waals surface area contributed by atoms with Crippen LogP contribution in [0.1, 0.15) is 12.5 Å². The van der Waals surface area contributed by atoms with Crippen molar-refractivity contribution in [2.24, 2.45) is 16.8 Å². The molecule has 2 heterocycles. The van der Waals surface area contributed by atoms with Crippen molar-refractivity contribution in [1.29, 1.82) is 0 Å². The summed E-state index contributed by atoms with van der Waals surface area (Å²) in [5.41, 5.74) is 1.12. The number of nitrogens with zero attached hydrogens (tertiary/aromatic N) is 3. The molecule has 0 bridgehead atoms. The third-order valence-electron chi connectivity index (χ3n) is 5.76. The molecule has 2 fully saturated rings. The van der Waals surface area contributed by atoms with Crippen molar-refractivity contribution < 1.29 is 19.0 Å². The van der Waals surface area contributed by atoms with E-state index < -0.39 is 0 Å². The van der Waals surface area contributed by atoms with E-state index in [1.807, 2.05) is 12.1 Å². The van der Waals surface area contributed by atoms with Gasteiger partial charge in [0.15, 0.2) is 5.96 Å². The zero-order chi connectivity index (χ0) is 21.3. The van der Waals surface area contributed by atoms with Gasteiger partial charge in [0.1, 0.15) is 12.4 Å². The number of halogens is 1. The topological polar surface area (TPSA) is 75.6 Å². The molecule has 0 amide bonds. The Hall–Kier alpha value is -1.59. The largest absolute Gasteiger partial charge is 0.492 e. The molecule has 2 atom stereocenters. The summed E-state index contributed by atoms with van der Waals surface area (Å²) >= 11 is 0. The van der Waals surface area contributed by atoms with Gasteiger partial charge in [0, 0.05) is 46.3 Å². The van der Waals surface area contributed by atoms with E-state index in [1.54, 1.807) is 7.05 Å². The Morgan fingerprint density at radius 2 is 2.06 bits per heavy atom. The number of carbonyl (C=O) groups is 1. The molecular weight excluding hydrogens is 511 g/mol. The van der Waals surface area contributed by atoms with Crippen LogP contribution in [0.5, 0.6) is 5.75 Å². The number of guanidine groups is 1. The number of methoxy groups -OCH3 is 1. The van der Waals surface area contributed by atoms with Crippen molar-refractivity contribution in [3.63, 3.8) is 0 Å². The van der Waals surface area contributed by atoms with Gasteiger partial charge in [-0.3, -0.25) is 14.7 Å². The number of aliphatic imine (C=N–C) groups is 1. The van der Waals surface area contributed by atoms with Crippen molar-refractivity contribution >= 4 is 35.9 Å². The minimum Gasteiger partial charge on any atom is -0.492 e. The van der Waals surface area contributed by atoms with Crippen LogP contribution in [0.15, 0.2) is 29.3 Å². The Bertz CT molecular complexity index is 727. The predicted octanol–water partition coefficient (Wildman–Crippen LogP) is 1.83. The van der Waals surface area contributed by atoms with Crippen molar-refractivity contribution in [3.05, 3.63) is 29.8 Å². The third kappa shape index (κ3) is 7.50. The first-order chi connectivity index (χ1) is 14.6. The monoisotopic (exact) mass is 546 g/mol. The summed E-state index contributed by atoms with van der Waals surface area (Å²) in [6.45, 7) is 9.25. The number of rotatable bonds is 7. The Kier molecular flexibility index (Phi) is 10.8. The molecule has 0 radical (unpaired) electrons. The van der Waals surface area contributed by atoms with Crippen LogP contribution < -0.4 is 10.1 Å². The lowest BCUT2D eigenvalue weighted by Crippen LogP contribution is -2.40. The number of nitrogens with one attached hydrogen (secondary N) is 1. The van der Waals surface area contributed by atoms with Crippen LogP contribution in [0.3, 0.4) is 0 Å². The highest BCUT2D eigenvalue weighted by atomic mass is 127. The van der Waals surface area contributed by atoms with Gasteiger partial charge in [-0.1, -0.05) is 19.1 Å². The highest BCUT2D eigenvalue weighted by Gasteiger charge is 2.36. The Labute approximate surface area is 202 Å². The fraction of sp³-hybridized carbons (Fsp3) is 0.636. The summed E-state index contributed by atoms with van der Waals surface area (Å²) in [5, 5.41) is 3.41. The van der Waals surface area contributed by atoms with E-state index in [4.69, 9.17) is 14.2 Å². The Morgan fingerprint density at radius 1 is 1.29 bits per heavy atom. The van der Waals surface area contributed by atoms with Crippen LogP contribution in [0, 0.1) is 11.8 Å². The van der Waals surface area contributed by atoms with Gasteiger partial charge >= 0.3 is 5.97 Å². The average molecular weight is 546 g/mol. The molecule has 0 spiro atoms. The van der Waals surface area contributed by atoms with Gasteiger partial charge in [-0.2, -0.15) is 0 Å². The zero-order valence-electron chi connectivity index (χ0n) is 18.7. The first kappa shape index (κ1) is 25.7. The maximum absolute atomic E-state index is 12.0. The van der Waals surface area contributed by atoms with Gasteiger partial charge in [-0.15, -0.1) is 24.0 Å². The highest BCUT2D eigenvalue weighted by molar-refractivity contribution is 14.0. The Morgan fingerprint density at radius 3 is 2.77 bits per heavy atom. The van der Waals surface area contributed by atoms with Crippen LogP contribution >= 0.6 is 24.0 Å². The molecule has 1 N–H and O–H groups in total. The van der Waals surface area contributed by atoms with E-state index in [2.05, 4.69) is 39.2 Å². The standard InChI is InChI=1S/C22H34N4O4.HI/c1-17-15-26(16-20(17)21(27)28-3)22(23-2)24-14-18-5-4-6-19(13-18)30-12-9-25-7-10-29-11-8-25;/h4-6,13,17,20H,7-12,14-16H2,1-3H3,(H,23,24);1H. The summed E-state index contributed by atoms with van der Waals surface area (Å²) < 4.78 is 16.3. The number of hydrogen-bond acceptors (Lipinski definition) is 6. The van der Waals surface area contributed by atoms with E-state index in [1.165, 1.54) is 7.11 Å². The molecule has 1 aromatic rings. The normalized spacial score (nSPS) is 22.0. The van der Waals surface area contributed by atoms with Gasteiger partial charge in [0.2, 0.25) is 0 Å². The van der Waals surface area contributed by atoms with E-state index in [9.17, 15) is 4.79 Å². The van der Waals surface area contributed by atoms with Crippen molar-refractivity contribution in [2.75, 3.05) is 66.7 Å². The maximum Gasteiger partial charge on any atom is 0.310 e. The van der Waals surface area contributed by atoms with Gasteiger partial charge in [-0.05, 0) is 23.6 Å². The second-order valence-electron chi connectivity index (χ2n) is 7.86. The number of likely N-dealkylation sites (tertiary alicyclic amines) is 1. The van der Waals surface area contributed by atoms with E-state index in [0.29, 0.717) is 19.7 Å². The molecular formula is C22H35IN4O4. The number of hydrogen-bond donors (Lipinski definition) is 1. The van der Waals surface area contributed by atoms with Crippen LogP contribution in [-0.2, 0) is 20.8 Å². The molecule has 0 saturated carbocycles. The molecule has 3 rings (SSSR count). The van der Waals surface area contributed by atoms with E-state index >= 15 is 0 Å². The minimum atomic E-state index is -0.151. The molecule has 174 valence electrons. The summed E-state index contributed by atoms with van der Waals surface area (Å²) in [7, 11) is 3.21. The quantitative estimate of drug-likeness (QED) is 0.242. The van der Waals surface area contributed by atoms with Gasteiger partial charge in [0.25, 0.3) is 0 Å². The van der Waals surface area contributed by atoms with Crippen LogP contribution in [0.25, 0.3) is 0 Å². The number of morpholine rings is 1. The highest BCUT2D eigenvalue weighted by Crippen LogP contribution is 2.24. The van der Waals surface area contributed by atoms with Crippen molar-refractivity contribution in [1.82, 2.24) is 15.1 Å². The molecule has 2 aliphatic heterocycles. The average Bonchev–Trinajstić information content (AvgIpc) is 3.16. The predicted molar refractivity (Wildman–Crippen MR) is 131 cm³/mol. The summed E-state index contributed by atoms with van der Waals surface area (Å²) in [6.07, 6.45) is 0. The molecule has 1 aromatic carbocycles. The summed E-state index contributed by atoms with van der Waals surface area (Å²) in [5.74, 6) is 1.64. The smallest absolute Gasteiger partial charge is 0.310 e. The fourth-order valence-corrected chi connectivity index (χ4v) is 3.97. The molecule has 0 aliphatic carbocycles. The van der Waals surface area contributed by atoms with E-state index in [0.717, 1.165) is 56.7 Å². The molecule has 2 saturated heterocycles. The molecule has 31 heavy (non-hydrogen) atoms. The first-order valence-corrected chi connectivity index (χ1v) is 10.7. The first-order valence-electron chi connectivity index (χ1n) is 10.7. The lowest BCUT2D eigenvalue weighted by atomic mass is 9.99. The molecule has 2 aliphatic rings. The molecule has 9 heteroatoms. The summed E-state index contributed by atoms with van der Waals surface area (Å²) in [4.78, 5) is 20.8. The van der Waals surface area contributed by atoms with Crippen molar-refractivity contribution in [2.45, 2.75) is 13.5 Å². The molecule has 8 nitrogen and oxygen atoms in total. The van der Waals surface area contributed by atoms with Crippen LogP contribution in [0.4, 0.5) is 0 Å². The lowest BCUT2D eigenvalue weighted by Gasteiger charge is -2.26. The maximum atomic E-state index is 12.0. The van der Waals surface area contributed by atoms with E-state index in [-0.39, 0.29) is 41.8 Å². The number of ether oxygens (including phenoxy) is 3. The van der Waals surface area contributed by atoms with Crippen molar-refractivity contribution in [3.8, 4) is 5.75 Å². The minimum absolute atomic E-state index is 0. The molecule has 0 aromatic heterocycles. The number of carbonyl (C=O) groups excluding carboxylic acids is 1. The fourth-order valence-electron chi connectivity index (χ4n) is 3.97. The number of benzene rings is 1. The lowest BCUT2D eigenvalue weighted by molar-refractivity contribution is -0.145. The Balaban J connectivity index is 0.00000341. The SMILES string of the molecule is CN=C(NCc1cccc(OCCN2CCOCC2)c1)N1CC(C)C(C(=O)OC)C1.I. The molecule has 2 unspecified atom stereocenters. The second-order valence-corrected chi connectivity index (χ2v) is 7.86. The summed E-state index contributed by atoms with van der Waals surface area (Å²) in [6, 6.07) is 8.12. The van der Waals surface area contributed by atoms with Crippen LogP contribution in [0.2, 0.25) is 0 Å². The van der Waals surface area contributed by atoms with Gasteiger partial charge < -0.3 is 24.4 Å².